The van der Waals surface area contributed by atoms with Crippen molar-refractivity contribution < 1.29 is 9.90 Å². The van der Waals surface area contributed by atoms with Crippen LogP contribution in [0, 0.1) is 23.7 Å². The summed E-state index contributed by atoms with van der Waals surface area (Å²) in [6, 6.07) is 5.66. The number of carboxylic acids is 1. The normalized spacial score (nSPS) is 22.3. The van der Waals surface area contributed by atoms with E-state index in [1.807, 2.05) is 18.7 Å². The van der Waals surface area contributed by atoms with Crippen molar-refractivity contribution in [1.29, 1.82) is 5.26 Å². The molecule has 100 valence electrons. The van der Waals surface area contributed by atoms with E-state index in [1.165, 1.54) is 0 Å². The third-order valence-electron chi connectivity index (χ3n) is 3.92. The van der Waals surface area contributed by atoms with Crippen LogP contribution in [0.2, 0.25) is 0 Å². The van der Waals surface area contributed by atoms with Crippen molar-refractivity contribution in [2.75, 3.05) is 18.0 Å². The van der Waals surface area contributed by atoms with E-state index >= 15 is 0 Å². The van der Waals surface area contributed by atoms with Gasteiger partial charge in [0.25, 0.3) is 0 Å². The first-order valence-electron chi connectivity index (χ1n) is 6.38. The zero-order valence-corrected chi connectivity index (χ0v) is 11.2. The molecule has 2 heterocycles. The molecule has 0 amide bonds. The SMILES string of the molecule is CCC1(C(=O)O)CCN(c2nc(C)ccc2C#N)C1. The van der Waals surface area contributed by atoms with Crippen LogP contribution in [0.3, 0.4) is 0 Å². The highest BCUT2D eigenvalue weighted by Crippen LogP contribution is 2.37. The molecule has 0 saturated carbocycles. The summed E-state index contributed by atoms with van der Waals surface area (Å²) in [5, 5.41) is 18.5. The first-order valence-corrected chi connectivity index (χ1v) is 6.38. The molecule has 1 aliphatic rings. The van der Waals surface area contributed by atoms with Gasteiger partial charge >= 0.3 is 5.97 Å². The third kappa shape index (κ3) is 2.26. The van der Waals surface area contributed by atoms with Crippen LogP contribution < -0.4 is 4.90 Å². The predicted molar refractivity (Wildman–Crippen MR) is 70.9 cm³/mol. The van der Waals surface area contributed by atoms with Gasteiger partial charge in [0.05, 0.1) is 11.0 Å². The van der Waals surface area contributed by atoms with Crippen molar-refractivity contribution in [3.8, 4) is 6.07 Å². The number of aryl methyl sites for hydroxylation is 1. The number of aromatic nitrogens is 1. The highest BCUT2D eigenvalue weighted by molar-refractivity contribution is 5.77. The van der Waals surface area contributed by atoms with Crippen LogP contribution in [0.15, 0.2) is 12.1 Å². The quantitative estimate of drug-likeness (QED) is 0.897. The Bertz CT molecular complexity index is 550. The summed E-state index contributed by atoms with van der Waals surface area (Å²) in [6.07, 6.45) is 1.19. The van der Waals surface area contributed by atoms with Crippen molar-refractivity contribution in [2.24, 2.45) is 5.41 Å². The van der Waals surface area contributed by atoms with E-state index in [0.717, 1.165) is 5.69 Å². The highest BCUT2D eigenvalue weighted by atomic mass is 16.4. The molecule has 1 N–H and O–H groups in total. The summed E-state index contributed by atoms with van der Waals surface area (Å²) < 4.78 is 0. The molecule has 1 fully saturated rings. The monoisotopic (exact) mass is 259 g/mol. The average Bonchev–Trinajstić information content (AvgIpc) is 2.84. The van der Waals surface area contributed by atoms with Crippen molar-refractivity contribution in [2.45, 2.75) is 26.7 Å². The van der Waals surface area contributed by atoms with E-state index in [0.29, 0.717) is 37.3 Å². The minimum atomic E-state index is -0.760. The lowest BCUT2D eigenvalue weighted by molar-refractivity contribution is -0.147. The fourth-order valence-electron chi connectivity index (χ4n) is 2.54. The van der Waals surface area contributed by atoms with Crippen LogP contribution in [0.4, 0.5) is 5.82 Å². The fourth-order valence-corrected chi connectivity index (χ4v) is 2.54. The van der Waals surface area contributed by atoms with Crippen LogP contribution in [0.25, 0.3) is 0 Å². The molecule has 1 unspecified atom stereocenters. The number of hydrogen-bond acceptors (Lipinski definition) is 4. The molecule has 0 radical (unpaired) electrons. The summed E-state index contributed by atoms with van der Waals surface area (Å²) in [7, 11) is 0. The maximum atomic E-state index is 11.4. The maximum absolute atomic E-state index is 11.4. The molecule has 1 atom stereocenters. The van der Waals surface area contributed by atoms with Crippen molar-refractivity contribution in [3.63, 3.8) is 0 Å². The smallest absolute Gasteiger partial charge is 0.311 e. The standard InChI is InChI=1S/C14H17N3O2/c1-3-14(13(18)19)6-7-17(9-14)12-11(8-15)5-4-10(2)16-12/h4-5H,3,6-7,9H2,1-2H3,(H,18,19). The van der Waals surface area contributed by atoms with Crippen molar-refractivity contribution in [3.05, 3.63) is 23.4 Å². The van der Waals surface area contributed by atoms with E-state index in [-0.39, 0.29) is 0 Å². The van der Waals surface area contributed by atoms with Crippen LogP contribution in [0.1, 0.15) is 31.0 Å². The van der Waals surface area contributed by atoms with E-state index in [4.69, 9.17) is 5.26 Å². The Hall–Kier alpha value is -2.09. The molecule has 5 nitrogen and oxygen atoms in total. The molecule has 0 aliphatic carbocycles. The first-order chi connectivity index (χ1) is 9.02. The molecular weight excluding hydrogens is 242 g/mol. The zero-order valence-electron chi connectivity index (χ0n) is 11.2. The number of rotatable bonds is 3. The van der Waals surface area contributed by atoms with Crippen LogP contribution in [0.5, 0.6) is 0 Å². The Morgan fingerprint density at radius 3 is 2.89 bits per heavy atom. The molecule has 5 heteroatoms. The number of nitrogens with zero attached hydrogens (tertiary/aromatic N) is 3. The van der Waals surface area contributed by atoms with Gasteiger partial charge in [-0.25, -0.2) is 4.98 Å². The maximum Gasteiger partial charge on any atom is 0.311 e. The summed E-state index contributed by atoms with van der Waals surface area (Å²) >= 11 is 0. The zero-order chi connectivity index (χ0) is 14.0. The summed E-state index contributed by atoms with van der Waals surface area (Å²) in [5.74, 6) is -0.150. The van der Waals surface area contributed by atoms with E-state index in [1.54, 1.807) is 12.1 Å². The Morgan fingerprint density at radius 2 is 2.37 bits per heavy atom. The van der Waals surface area contributed by atoms with E-state index in [2.05, 4.69) is 11.1 Å². The number of hydrogen-bond donors (Lipinski definition) is 1. The van der Waals surface area contributed by atoms with Gasteiger partial charge in [0.2, 0.25) is 0 Å². The lowest BCUT2D eigenvalue weighted by atomic mass is 9.84. The Kier molecular flexibility index (Phi) is 3.43. The van der Waals surface area contributed by atoms with Gasteiger partial charge in [0, 0.05) is 18.8 Å². The largest absolute Gasteiger partial charge is 0.481 e. The minimum absolute atomic E-state index is 0.421. The molecule has 0 bridgehead atoms. The van der Waals surface area contributed by atoms with Crippen molar-refractivity contribution >= 4 is 11.8 Å². The number of pyridine rings is 1. The molecular formula is C14H17N3O2. The lowest BCUT2D eigenvalue weighted by Crippen LogP contribution is -2.34. The van der Waals surface area contributed by atoms with Gasteiger partial charge in [-0.15, -0.1) is 0 Å². The van der Waals surface area contributed by atoms with E-state index in [9.17, 15) is 9.90 Å². The van der Waals surface area contributed by atoms with E-state index < -0.39 is 11.4 Å². The Morgan fingerprint density at radius 1 is 1.63 bits per heavy atom. The lowest BCUT2D eigenvalue weighted by Gasteiger charge is -2.24. The second-order valence-corrected chi connectivity index (χ2v) is 5.05. The number of aliphatic carboxylic acids is 1. The van der Waals surface area contributed by atoms with Crippen LogP contribution >= 0.6 is 0 Å². The molecule has 2 rings (SSSR count). The number of nitriles is 1. The fraction of sp³-hybridized carbons (Fsp3) is 0.500. The van der Waals surface area contributed by atoms with Gasteiger partial charge in [0.15, 0.2) is 0 Å². The number of anilines is 1. The molecule has 1 aliphatic heterocycles. The second-order valence-electron chi connectivity index (χ2n) is 5.05. The van der Waals surface area contributed by atoms with Crippen LogP contribution in [-0.4, -0.2) is 29.1 Å². The van der Waals surface area contributed by atoms with Gasteiger partial charge in [-0.05, 0) is 31.9 Å². The molecule has 1 aromatic heterocycles. The highest BCUT2D eigenvalue weighted by Gasteiger charge is 2.44. The molecule has 1 saturated heterocycles. The molecule has 0 spiro atoms. The minimum Gasteiger partial charge on any atom is -0.481 e. The summed E-state index contributed by atoms with van der Waals surface area (Å²) in [4.78, 5) is 17.8. The van der Waals surface area contributed by atoms with Gasteiger partial charge in [0.1, 0.15) is 11.9 Å². The molecule has 0 aromatic carbocycles. The van der Waals surface area contributed by atoms with Crippen LogP contribution in [-0.2, 0) is 4.79 Å². The van der Waals surface area contributed by atoms with Gasteiger partial charge in [-0.2, -0.15) is 5.26 Å². The van der Waals surface area contributed by atoms with Gasteiger partial charge in [-0.1, -0.05) is 6.92 Å². The predicted octanol–water partition coefficient (Wildman–Crippen LogP) is 1.95. The first kappa shape index (κ1) is 13.3. The summed E-state index contributed by atoms with van der Waals surface area (Å²) in [5.41, 5.74) is 0.624. The number of carboxylic acid groups (broad SMARTS) is 1. The van der Waals surface area contributed by atoms with Crippen molar-refractivity contribution in [1.82, 2.24) is 4.98 Å². The van der Waals surface area contributed by atoms with Gasteiger partial charge < -0.3 is 10.0 Å². The Labute approximate surface area is 112 Å². The third-order valence-corrected chi connectivity index (χ3v) is 3.92. The Balaban J connectivity index is 2.34. The average molecular weight is 259 g/mol. The van der Waals surface area contributed by atoms with Gasteiger partial charge in [-0.3, -0.25) is 4.79 Å². The molecule has 19 heavy (non-hydrogen) atoms. The number of carbonyl (C=O) groups is 1. The second kappa shape index (κ2) is 4.88. The summed E-state index contributed by atoms with van der Waals surface area (Å²) in [6.45, 7) is 4.81. The molecule has 1 aromatic rings. The topological polar surface area (TPSA) is 77.2 Å².